The molecule has 1 N–H and O–H groups in total. The molecule has 0 aromatic carbocycles. The highest BCUT2D eigenvalue weighted by molar-refractivity contribution is 7.57. The minimum absolute atomic E-state index is 0. The normalized spacial score (nSPS) is 15.5. The van der Waals surface area contributed by atoms with Crippen LogP contribution in [0.25, 0.3) is 0 Å². The molecule has 10 heavy (non-hydrogen) atoms. The molecule has 0 saturated carbocycles. The summed E-state index contributed by atoms with van der Waals surface area (Å²) in [5.74, 6) is 0. The van der Waals surface area contributed by atoms with Crippen LogP contribution in [0.1, 0.15) is 26.7 Å². The predicted molar refractivity (Wildman–Crippen MR) is 50.1 cm³/mol. The summed E-state index contributed by atoms with van der Waals surface area (Å²) in [7, 11) is -2.69. The van der Waals surface area contributed by atoms with Crippen molar-refractivity contribution in [3.8, 4) is 0 Å². The van der Waals surface area contributed by atoms with Gasteiger partial charge in [0.2, 0.25) is 0 Å². The maximum atomic E-state index is 10.9. The lowest BCUT2D eigenvalue weighted by molar-refractivity contribution is 0.477. The van der Waals surface area contributed by atoms with E-state index in [1.807, 2.05) is 6.92 Å². The average Bonchev–Trinajstić information content (AvgIpc) is 1.84. The van der Waals surface area contributed by atoms with Gasteiger partial charge in [-0.25, -0.2) is 0 Å². The molecule has 0 aliphatic carbocycles. The Kier molecular flexibility index (Phi) is 8.57. The summed E-state index contributed by atoms with van der Waals surface area (Å²) in [5.41, 5.74) is 0. The largest absolute Gasteiger partial charge is 0.344 e. The maximum absolute atomic E-state index is 10.9. The highest BCUT2D eigenvalue weighted by atomic mass is 31.2. The lowest BCUT2D eigenvalue weighted by Gasteiger charge is -2.05. The molecule has 0 amide bonds. The highest BCUT2D eigenvalue weighted by Gasteiger charge is 2.12. The second-order valence-corrected chi connectivity index (χ2v) is 5.01. The molecular weight excluding hydrogens is 162 g/mol. The molecule has 0 aliphatic heterocycles. The molecule has 0 bridgehead atoms. The van der Waals surface area contributed by atoms with E-state index in [0.29, 0.717) is 12.3 Å². The van der Waals surface area contributed by atoms with E-state index in [1.54, 1.807) is 6.92 Å². The lowest BCUT2D eigenvalue weighted by atomic mass is 10.4. The van der Waals surface area contributed by atoms with E-state index in [9.17, 15) is 4.57 Å². The van der Waals surface area contributed by atoms with Gasteiger partial charge in [0.15, 0.2) is 24.7 Å². The number of hydrogen-bond donors (Lipinski definition) is 1. The monoisotopic (exact) mass is 180 g/mol. The Morgan fingerprint density at radius 3 is 2.20 bits per heavy atom. The zero-order chi connectivity index (χ0) is 7.33. The van der Waals surface area contributed by atoms with E-state index in [4.69, 9.17) is 4.89 Å². The van der Waals surface area contributed by atoms with E-state index >= 15 is 0 Å². The lowest BCUT2D eigenvalue weighted by Crippen LogP contribution is -1.90. The van der Waals surface area contributed by atoms with Crippen molar-refractivity contribution in [2.75, 3.05) is 12.3 Å². The smallest absolute Gasteiger partial charge is 0.200 e. The van der Waals surface area contributed by atoms with Crippen molar-refractivity contribution in [1.29, 1.82) is 0 Å². The summed E-state index contributed by atoms with van der Waals surface area (Å²) >= 11 is 0. The minimum atomic E-state index is -2.69. The second kappa shape index (κ2) is 6.43. The molecule has 0 aromatic rings. The van der Waals surface area contributed by atoms with Gasteiger partial charge in [-0.15, -0.1) is 0 Å². The first kappa shape index (κ1) is 13.3. The van der Waals surface area contributed by atoms with E-state index < -0.39 is 7.37 Å². The summed E-state index contributed by atoms with van der Waals surface area (Å²) < 4.78 is 10.9. The third kappa shape index (κ3) is 6.84. The molecular formula is C6H18AlO2P. The molecule has 0 heterocycles. The predicted octanol–water partition coefficient (Wildman–Crippen LogP) is 0.893. The van der Waals surface area contributed by atoms with Crippen molar-refractivity contribution < 1.29 is 9.46 Å². The van der Waals surface area contributed by atoms with Crippen LogP contribution in [0, 0.1) is 0 Å². The SMILES string of the molecule is CCCCP(=O)(O)CC.[AlH3]. The molecule has 2 nitrogen and oxygen atoms in total. The van der Waals surface area contributed by atoms with Gasteiger partial charge in [0, 0.05) is 12.3 Å². The molecule has 4 heteroatoms. The third-order valence-corrected chi connectivity index (χ3v) is 3.36. The van der Waals surface area contributed by atoms with Crippen LogP contribution in [0.15, 0.2) is 0 Å². The first-order chi connectivity index (χ1) is 4.12. The van der Waals surface area contributed by atoms with Crippen LogP contribution in [0.2, 0.25) is 0 Å². The molecule has 0 saturated heterocycles. The Morgan fingerprint density at radius 2 is 1.90 bits per heavy atom. The molecule has 1 unspecified atom stereocenters. The van der Waals surface area contributed by atoms with Crippen LogP contribution in [-0.4, -0.2) is 34.6 Å². The summed E-state index contributed by atoms with van der Waals surface area (Å²) in [5, 5.41) is 0. The minimum Gasteiger partial charge on any atom is -0.344 e. The Labute approximate surface area is 73.6 Å². The zero-order valence-corrected chi connectivity index (χ0v) is 7.03. The molecule has 0 radical (unpaired) electrons. The number of rotatable bonds is 4. The van der Waals surface area contributed by atoms with Crippen LogP contribution in [0.4, 0.5) is 0 Å². The summed E-state index contributed by atoms with van der Waals surface area (Å²) in [6.45, 7) is 3.78. The topological polar surface area (TPSA) is 37.3 Å². The molecule has 0 spiro atoms. The first-order valence-corrected chi connectivity index (χ1v) is 5.46. The molecule has 0 rings (SSSR count). The standard InChI is InChI=1S/C6H15O2P.Al.3H/c1-3-5-6-9(7,8)4-2;;;;/h3-6H2,1-2H3,(H,7,8);;;;. The summed E-state index contributed by atoms with van der Waals surface area (Å²) in [4.78, 5) is 9.01. The third-order valence-electron chi connectivity index (χ3n) is 1.36. The molecule has 0 aliphatic rings. The van der Waals surface area contributed by atoms with Gasteiger partial charge in [0.1, 0.15) is 0 Å². The van der Waals surface area contributed by atoms with E-state index in [2.05, 4.69) is 0 Å². The van der Waals surface area contributed by atoms with Crippen LogP contribution < -0.4 is 0 Å². The summed E-state index contributed by atoms with van der Waals surface area (Å²) in [6.07, 6.45) is 2.80. The molecule has 62 valence electrons. The van der Waals surface area contributed by atoms with Crippen molar-refractivity contribution in [1.82, 2.24) is 0 Å². The van der Waals surface area contributed by atoms with Crippen LogP contribution >= 0.6 is 7.37 Å². The van der Waals surface area contributed by atoms with E-state index in [-0.39, 0.29) is 17.4 Å². The first-order valence-electron chi connectivity index (χ1n) is 3.43. The molecule has 0 aromatic heterocycles. The number of hydrogen-bond acceptors (Lipinski definition) is 1. The van der Waals surface area contributed by atoms with Gasteiger partial charge in [0.05, 0.1) is 0 Å². The van der Waals surface area contributed by atoms with Crippen LogP contribution in [-0.2, 0) is 4.57 Å². The van der Waals surface area contributed by atoms with Crippen LogP contribution in [0.3, 0.4) is 0 Å². The maximum Gasteiger partial charge on any atom is 0.200 e. The zero-order valence-electron chi connectivity index (χ0n) is 6.13. The van der Waals surface area contributed by atoms with Crippen molar-refractivity contribution >= 4 is 24.7 Å². The second-order valence-electron chi connectivity index (χ2n) is 2.24. The van der Waals surface area contributed by atoms with Gasteiger partial charge in [-0.3, -0.25) is 4.57 Å². The van der Waals surface area contributed by atoms with Crippen molar-refractivity contribution in [3.63, 3.8) is 0 Å². The van der Waals surface area contributed by atoms with Gasteiger partial charge in [-0.1, -0.05) is 20.3 Å². The van der Waals surface area contributed by atoms with Gasteiger partial charge in [0.25, 0.3) is 0 Å². The van der Waals surface area contributed by atoms with E-state index in [1.165, 1.54) is 0 Å². The quantitative estimate of drug-likeness (QED) is 0.515. The fourth-order valence-electron chi connectivity index (χ4n) is 0.563. The fourth-order valence-corrected chi connectivity index (χ4v) is 1.69. The van der Waals surface area contributed by atoms with Gasteiger partial charge >= 0.3 is 0 Å². The average molecular weight is 180 g/mol. The summed E-state index contributed by atoms with van der Waals surface area (Å²) in [6, 6.07) is 0. The Hall–Kier alpha value is 0.722. The fraction of sp³-hybridized carbons (Fsp3) is 1.00. The van der Waals surface area contributed by atoms with Crippen molar-refractivity contribution in [2.45, 2.75) is 26.7 Å². The van der Waals surface area contributed by atoms with Gasteiger partial charge in [-0.05, 0) is 6.42 Å². The van der Waals surface area contributed by atoms with Crippen molar-refractivity contribution in [2.24, 2.45) is 0 Å². The Bertz CT molecular complexity index is 116. The number of unbranched alkanes of at least 4 members (excludes halogenated alkanes) is 1. The highest BCUT2D eigenvalue weighted by Crippen LogP contribution is 2.40. The van der Waals surface area contributed by atoms with Crippen molar-refractivity contribution in [3.05, 3.63) is 0 Å². The Balaban J connectivity index is 0. The van der Waals surface area contributed by atoms with Crippen LogP contribution in [0.5, 0.6) is 0 Å². The van der Waals surface area contributed by atoms with Gasteiger partial charge in [-0.2, -0.15) is 0 Å². The molecule has 0 fully saturated rings. The molecule has 1 atom stereocenters. The Morgan fingerprint density at radius 1 is 1.40 bits per heavy atom. The van der Waals surface area contributed by atoms with Gasteiger partial charge < -0.3 is 4.89 Å². The van der Waals surface area contributed by atoms with E-state index in [0.717, 1.165) is 12.8 Å².